The molecule has 0 N–H and O–H groups in total. The van der Waals surface area contributed by atoms with Crippen LogP contribution in [0.5, 0.6) is 0 Å². The predicted molar refractivity (Wildman–Crippen MR) is 127 cm³/mol. The van der Waals surface area contributed by atoms with E-state index >= 15 is 0 Å². The van der Waals surface area contributed by atoms with Crippen LogP contribution in [0.25, 0.3) is 10.9 Å². The normalized spacial score (nSPS) is 30.0. The fourth-order valence-electron chi connectivity index (χ4n) is 7.08. The lowest BCUT2D eigenvalue weighted by Gasteiger charge is -2.54. The van der Waals surface area contributed by atoms with Gasteiger partial charge >= 0.3 is 0 Å². The first-order valence-corrected chi connectivity index (χ1v) is 12.6. The minimum atomic E-state index is 0.214. The van der Waals surface area contributed by atoms with Gasteiger partial charge in [0.15, 0.2) is 0 Å². The first-order chi connectivity index (χ1) is 15.7. The van der Waals surface area contributed by atoms with Crippen molar-refractivity contribution in [3.8, 4) is 0 Å². The lowest BCUT2D eigenvalue weighted by molar-refractivity contribution is 0.00148. The van der Waals surface area contributed by atoms with Gasteiger partial charge in [-0.1, -0.05) is 18.1 Å². The van der Waals surface area contributed by atoms with Gasteiger partial charge in [-0.15, -0.1) is 0 Å². The monoisotopic (exact) mass is 433 g/mol. The molecular weight excluding hydrogens is 398 g/mol. The summed E-state index contributed by atoms with van der Waals surface area (Å²) in [6.07, 6.45) is 12.3. The molecule has 4 aliphatic rings. The zero-order valence-corrected chi connectivity index (χ0v) is 19.2. The third-order valence-corrected chi connectivity index (χ3v) is 8.47. The largest absolute Gasteiger partial charge is 0.383 e. The van der Waals surface area contributed by atoms with Gasteiger partial charge in [-0.25, -0.2) is 0 Å². The number of hydrogen-bond donors (Lipinski definition) is 0. The average Bonchev–Trinajstić information content (AvgIpc) is 3.24. The second-order valence-electron chi connectivity index (χ2n) is 10.3. The molecule has 2 bridgehead atoms. The number of carbonyl (C=O) groups is 1. The van der Waals surface area contributed by atoms with Gasteiger partial charge < -0.3 is 14.2 Å². The Morgan fingerprint density at radius 2 is 2.09 bits per heavy atom. The van der Waals surface area contributed by atoms with Crippen LogP contribution in [0.2, 0.25) is 0 Å². The molecule has 0 saturated carbocycles. The number of fused-ring (bicyclic) bond motifs is 7. The molecular formula is C27H35N3O2. The molecule has 5 heteroatoms. The topological polar surface area (TPSA) is 37.7 Å². The molecule has 1 amide bonds. The Balaban J connectivity index is 1.28. The van der Waals surface area contributed by atoms with Gasteiger partial charge in [-0.2, -0.15) is 0 Å². The Labute approximate surface area is 191 Å². The van der Waals surface area contributed by atoms with Crippen LogP contribution in [0.15, 0.2) is 42.1 Å². The van der Waals surface area contributed by atoms with Crippen LogP contribution in [0.3, 0.4) is 0 Å². The Bertz CT molecular complexity index is 1040. The Morgan fingerprint density at radius 3 is 3.00 bits per heavy atom. The fraction of sp³-hybridized carbons (Fsp3) is 0.593. The third kappa shape index (κ3) is 3.41. The van der Waals surface area contributed by atoms with E-state index < -0.39 is 0 Å². The van der Waals surface area contributed by atoms with Gasteiger partial charge in [0.1, 0.15) is 0 Å². The molecule has 1 aliphatic carbocycles. The van der Waals surface area contributed by atoms with Crippen molar-refractivity contribution in [2.75, 3.05) is 33.4 Å². The number of carbonyl (C=O) groups excluding carboxylic acids is 1. The molecule has 2 aromatic rings. The molecule has 3 aliphatic heterocycles. The maximum absolute atomic E-state index is 13.8. The minimum absolute atomic E-state index is 0.214. The van der Waals surface area contributed by atoms with E-state index in [4.69, 9.17) is 4.74 Å². The maximum Gasteiger partial charge on any atom is 0.254 e. The van der Waals surface area contributed by atoms with Gasteiger partial charge in [0.2, 0.25) is 0 Å². The molecule has 0 radical (unpaired) electrons. The molecule has 1 aromatic heterocycles. The lowest BCUT2D eigenvalue weighted by Crippen LogP contribution is -2.60. The molecule has 170 valence electrons. The Hall–Kier alpha value is -2.11. The fourth-order valence-corrected chi connectivity index (χ4v) is 7.08. The molecule has 0 unspecified atom stereocenters. The van der Waals surface area contributed by atoms with Gasteiger partial charge in [0.25, 0.3) is 5.91 Å². The molecule has 4 heterocycles. The first kappa shape index (κ1) is 20.5. The smallest absolute Gasteiger partial charge is 0.254 e. The van der Waals surface area contributed by atoms with Crippen molar-refractivity contribution < 1.29 is 9.53 Å². The summed E-state index contributed by atoms with van der Waals surface area (Å²) in [5, 5.41) is 1.14. The number of aromatic nitrogens is 1. The highest BCUT2D eigenvalue weighted by Crippen LogP contribution is 2.45. The molecule has 6 rings (SSSR count). The van der Waals surface area contributed by atoms with E-state index in [1.54, 1.807) is 12.7 Å². The van der Waals surface area contributed by atoms with Crippen LogP contribution >= 0.6 is 0 Å². The lowest BCUT2D eigenvalue weighted by atomic mass is 9.68. The number of methoxy groups -OCH3 is 1. The van der Waals surface area contributed by atoms with Crippen LogP contribution < -0.4 is 0 Å². The van der Waals surface area contributed by atoms with E-state index in [1.165, 1.54) is 50.7 Å². The average molecular weight is 434 g/mol. The number of nitrogens with zero attached hydrogens (tertiary/aromatic N) is 3. The van der Waals surface area contributed by atoms with Crippen LogP contribution in [0.4, 0.5) is 0 Å². The number of amides is 1. The second kappa shape index (κ2) is 8.35. The number of hydrogen-bond acceptors (Lipinski definition) is 3. The summed E-state index contributed by atoms with van der Waals surface area (Å²) in [7, 11) is 1.73. The molecule has 3 saturated heterocycles. The van der Waals surface area contributed by atoms with Gasteiger partial charge in [-0.05, 0) is 74.8 Å². The quantitative estimate of drug-likeness (QED) is 0.674. The summed E-state index contributed by atoms with van der Waals surface area (Å²) in [4.78, 5) is 18.8. The Kier molecular flexibility index (Phi) is 5.34. The van der Waals surface area contributed by atoms with Crippen molar-refractivity contribution in [3.05, 3.63) is 47.7 Å². The second-order valence-corrected chi connectivity index (χ2v) is 10.3. The van der Waals surface area contributed by atoms with Crippen molar-refractivity contribution in [2.45, 2.75) is 57.2 Å². The summed E-state index contributed by atoms with van der Waals surface area (Å²) in [5.74, 6) is 1.52. The minimum Gasteiger partial charge on any atom is -0.383 e. The van der Waals surface area contributed by atoms with Crippen LogP contribution in [0.1, 0.15) is 48.9 Å². The van der Waals surface area contributed by atoms with Crippen LogP contribution in [0, 0.1) is 11.8 Å². The van der Waals surface area contributed by atoms with E-state index in [2.05, 4.69) is 44.8 Å². The highest BCUT2D eigenvalue weighted by Gasteiger charge is 2.46. The van der Waals surface area contributed by atoms with Crippen molar-refractivity contribution >= 4 is 16.8 Å². The molecule has 0 spiro atoms. The maximum atomic E-state index is 13.8. The Morgan fingerprint density at radius 1 is 1.16 bits per heavy atom. The first-order valence-electron chi connectivity index (χ1n) is 12.6. The van der Waals surface area contributed by atoms with Crippen LogP contribution in [-0.2, 0) is 11.3 Å². The molecule has 4 atom stereocenters. The highest BCUT2D eigenvalue weighted by molar-refractivity contribution is 5.98. The highest BCUT2D eigenvalue weighted by atomic mass is 16.5. The SMILES string of the molecule is COCCn1ccc2cc(C(=O)N3CCCC4=C[C@@H]5C[C@@H](CN6CCCC[C@H]56)[C@@H]43)ccc21. The van der Waals surface area contributed by atoms with E-state index in [1.807, 2.05) is 6.07 Å². The number of ether oxygens (including phenoxy) is 1. The van der Waals surface area contributed by atoms with Crippen molar-refractivity contribution in [1.82, 2.24) is 14.4 Å². The summed E-state index contributed by atoms with van der Waals surface area (Å²) < 4.78 is 7.43. The predicted octanol–water partition coefficient (Wildman–Crippen LogP) is 4.32. The summed E-state index contributed by atoms with van der Waals surface area (Å²) in [6, 6.07) is 9.40. The molecule has 32 heavy (non-hydrogen) atoms. The molecule has 3 fully saturated rings. The number of likely N-dealkylation sites (tertiary alicyclic amines) is 1. The number of piperidine rings is 3. The van der Waals surface area contributed by atoms with E-state index in [9.17, 15) is 4.79 Å². The van der Waals surface area contributed by atoms with Crippen LogP contribution in [-0.4, -0.2) is 65.7 Å². The molecule has 1 aromatic carbocycles. The van der Waals surface area contributed by atoms with Gasteiger partial charge in [0.05, 0.1) is 12.6 Å². The number of benzene rings is 1. The van der Waals surface area contributed by atoms with Crippen molar-refractivity contribution in [2.24, 2.45) is 11.8 Å². The molecule has 5 nitrogen and oxygen atoms in total. The van der Waals surface area contributed by atoms with E-state index in [0.29, 0.717) is 24.5 Å². The third-order valence-electron chi connectivity index (χ3n) is 8.47. The van der Waals surface area contributed by atoms with E-state index in [0.717, 1.165) is 36.5 Å². The van der Waals surface area contributed by atoms with E-state index in [-0.39, 0.29) is 5.91 Å². The standard InChI is InChI=1S/C27H35N3O2/c1-32-14-13-28-12-9-19-15-21(7-8-25(19)28)27(31)30-11-4-5-20-16-22-17-23(26(20)30)18-29-10-3-2-6-24(22)29/h7-9,12,15-16,22-24,26H,2-6,10-11,13-14,17-18H2,1H3/t22-,23+,24-,26-/m1/s1. The zero-order chi connectivity index (χ0) is 21.7. The number of rotatable bonds is 4. The summed E-state index contributed by atoms with van der Waals surface area (Å²) in [6.45, 7) is 4.83. The van der Waals surface area contributed by atoms with Crippen molar-refractivity contribution in [1.29, 1.82) is 0 Å². The van der Waals surface area contributed by atoms with Gasteiger partial charge in [0, 0.05) is 55.4 Å². The zero-order valence-electron chi connectivity index (χ0n) is 19.2. The summed E-state index contributed by atoms with van der Waals surface area (Å²) >= 11 is 0. The summed E-state index contributed by atoms with van der Waals surface area (Å²) in [5.41, 5.74) is 3.56. The van der Waals surface area contributed by atoms with Gasteiger partial charge in [-0.3, -0.25) is 9.69 Å². The van der Waals surface area contributed by atoms with Crippen molar-refractivity contribution in [3.63, 3.8) is 0 Å².